The summed E-state index contributed by atoms with van der Waals surface area (Å²) in [5.41, 5.74) is -0.0125. The minimum Gasteiger partial charge on any atom is -0.371 e. The molecule has 0 radical (unpaired) electrons. The van der Waals surface area contributed by atoms with Crippen molar-refractivity contribution in [1.82, 2.24) is 5.32 Å². The van der Waals surface area contributed by atoms with Crippen molar-refractivity contribution in [3.63, 3.8) is 0 Å². The molecule has 0 aromatic heterocycles. The van der Waals surface area contributed by atoms with E-state index < -0.39 is 4.92 Å². The quantitative estimate of drug-likeness (QED) is 0.480. The van der Waals surface area contributed by atoms with Gasteiger partial charge in [0.05, 0.1) is 11.5 Å². The predicted molar refractivity (Wildman–Crippen MR) is 82.2 cm³/mol. The van der Waals surface area contributed by atoms with Gasteiger partial charge >= 0.3 is 0 Å². The van der Waals surface area contributed by atoms with E-state index >= 15 is 0 Å². The zero-order chi connectivity index (χ0) is 14.6. The third kappa shape index (κ3) is 5.41. The molecule has 7 heteroatoms. The Hall–Kier alpha value is -1.38. The Bertz CT molecular complexity index is 497. The third-order valence-corrected chi connectivity index (χ3v) is 2.78. The van der Waals surface area contributed by atoms with Crippen molar-refractivity contribution in [3.8, 4) is 0 Å². The lowest BCUT2D eigenvalue weighted by Crippen LogP contribution is -2.43. The topological polar surface area (TPSA) is 84.3 Å². The van der Waals surface area contributed by atoms with Crippen LogP contribution < -0.4 is 10.6 Å². The standard InChI is InChI=1S/C12H16IN3O3/c1-12(2,3)15-11(17)7-14-9-5-4-8(13)6-10(9)16(18)19/h4-6,14H,7H2,1-3H3,(H,15,17). The first-order chi connectivity index (χ1) is 8.69. The second kappa shape index (κ2) is 6.18. The Morgan fingerprint density at radius 3 is 2.58 bits per heavy atom. The van der Waals surface area contributed by atoms with Gasteiger partial charge in [-0.1, -0.05) is 0 Å². The maximum Gasteiger partial charge on any atom is 0.293 e. The van der Waals surface area contributed by atoms with Crippen LogP contribution in [-0.2, 0) is 4.79 Å². The summed E-state index contributed by atoms with van der Waals surface area (Å²) in [6, 6.07) is 4.81. The van der Waals surface area contributed by atoms with Crippen LogP contribution in [0.4, 0.5) is 11.4 Å². The van der Waals surface area contributed by atoms with E-state index in [4.69, 9.17) is 0 Å². The first-order valence-corrected chi connectivity index (χ1v) is 6.76. The van der Waals surface area contributed by atoms with Crippen molar-refractivity contribution in [2.24, 2.45) is 0 Å². The molecule has 6 nitrogen and oxygen atoms in total. The van der Waals surface area contributed by atoms with E-state index in [0.717, 1.165) is 3.57 Å². The lowest BCUT2D eigenvalue weighted by molar-refractivity contribution is -0.384. The molecule has 0 spiro atoms. The van der Waals surface area contributed by atoms with Gasteiger partial charge in [0.15, 0.2) is 0 Å². The van der Waals surface area contributed by atoms with Gasteiger partial charge in [0.1, 0.15) is 5.69 Å². The summed E-state index contributed by atoms with van der Waals surface area (Å²) in [4.78, 5) is 22.1. The maximum absolute atomic E-state index is 11.6. The van der Waals surface area contributed by atoms with Crippen LogP contribution in [0, 0.1) is 13.7 Å². The molecule has 0 aliphatic carbocycles. The van der Waals surface area contributed by atoms with Crippen molar-refractivity contribution >= 4 is 39.9 Å². The molecule has 1 aromatic rings. The summed E-state index contributed by atoms with van der Waals surface area (Å²) in [5.74, 6) is -0.208. The molecule has 0 heterocycles. The molecule has 0 saturated carbocycles. The van der Waals surface area contributed by atoms with Gasteiger partial charge in [-0.3, -0.25) is 14.9 Å². The molecule has 0 unspecified atom stereocenters. The van der Waals surface area contributed by atoms with E-state index in [1.807, 2.05) is 43.4 Å². The SMILES string of the molecule is CC(C)(C)NC(=O)CNc1ccc(I)cc1[N+](=O)[O-]. The number of rotatable bonds is 4. The number of nitrogens with zero attached hydrogens (tertiary/aromatic N) is 1. The van der Waals surface area contributed by atoms with E-state index in [-0.39, 0.29) is 23.7 Å². The van der Waals surface area contributed by atoms with Crippen molar-refractivity contribution in [1.29, 1.82) is 0 Å². The number of carbonyl (C=O) groups is 1. The summed E-state index contributed by atoms with van der Waals surface area (Å²) >= 11 is 2.00. The summed E-state index contributed by atoms with van der Waals surface area (Å²) < 4.78 is 0.772. The van der Waals surface area contributed by atoms with Crippen LogP contribution in [0.25, 0.3) is 0 Å². The van der Waals surface area contributed by atoms with E-state index in [1.165, 1.54) is 6.07 Å². The monoisotopic (exact) mass is 377 g/mol. The lowest BCUT2D eigenvalue weighted by Gasteiger charge is -2.20. The Morgan fingerprint density at radius 2 is 2.05 bits per heavy atom. The molecule has 0 atom stereocenters. The van der Waals surface area contributed by atoms with Gasteiger partial charge in [0, 0.05) is 15.2 Å². The number of amides is 1. The van der Waals surface area contributed by atoms with Crippen LogP contribution in [0.2, 0.25) is 0 Å². The molecule has 19 heavy (non-hydrogen) atoms. The highest BCUT2D eigenvalue weighted by atomic mass is 127. The first kappa shape index (κ1) is 15.7. The Morgan fingerprint density at radius 1 is 1.42 bits per heavy atom. The van der Waals surface area contributed by atoms with Gasteiger partial charge < -0.3 is 10.6 Å². The van der Waals surface area contributed by atoms with E-state index in [0.29, 0.717) is 5.69 Å². The van der Waals surface area contributed by atoms with Crippen molar-refractivity contribution < 1.29 is 9.72 Å². The van der Waals surface area contributed by atoms with E-state index in [1.54, 1.807) is 12.1 Å². The largest absolute Gasteiger partial charge is 0.371 e. The van der Waals surface area contributed by atoms with E-state index in [2.05, 4.69) is 10.6 Å². The fourth-order valence-electron chi connectivity index (χ4n) is 1.44. The molecule has 0 saturated heterocycles. The summed E-state index contributed by atoms with van der Waals surface area (Å²) in [6.45, 7) is 5.62. The fourth-order valence-corrected chi connectivity index (χ4v) is 1.92. The maximum atomic E-state index is 11.6. The zero-order valence-corrected chi connectivity index (χ0v) is 13.1. The summed E-state index contributed by atoms with van der Waals surface area (Å²) in [7, 11) is 0. The normalized spacial score (nSPS) is 10.9. The Balaban J connectivity index is 2.73. The average molecular weight is 377 g/mol. The Labute approximate surface area is 125 Å². The molecule has 0 bridgehead atoms. The number of nitrogens with one attached hydrogen (secondary N) is 2. The molecule has 1 aromatic carbocycles. The number of halogens is 1. The van der Waals surface area contributed by atoms with Crippen LogP contribution in [-0.4, -0.2) is 22.9 Å². The highest BCUT2D eigenvalue weighted by Crippen LogP contribution is 2.25. The second-order valence-electron chi connectivity index (χ2n) is 5.07. The van der Waals surface area contributed by atoms with Crippen molar-refractivity contribution in [2.75, 3.05) is 11.9 Å². The number of nitro groups is 1. The molecule has 104 valence electrons. The number of anilines is 1. The summed E-state index contributed by atoms with van der Waals surface area (Å²) in [5, 5.41) is 16.5. The smallest absolute Gasteiger partial charge is 0.293 e. The van der Waals surface area contributed by atoms with Crippen molar-refractivity contribution in [3.05, 3.63) is 31.9 Å². The molecule has 1 amide bonds. The van der Waals surface area contributed by atoms with Gasteiger partial charge in [0.2, 0.25) is 5.91 Å². The number of carbonyl (C=O) groups excluding carboxylic acids is 1. The van der Waals surface area contributed by atoms with Crippen LogP contribution in [0.5, 0.6) is 0 Å². The molecular weight excluding hydrogens is 361 g/mol. The highest BCUT2D eigenvalue weighted by molar-refractivity contribution is 14.1. The number of hydrogen-bond donors (Lipinski definition) is 2. The molecule has 2 N–H and O–H groups in total. The molecular formula is C12H16IN3O3. The highest BCUT2D eigenvalue weighted by Gasteiger charge is 2.17. The van der Waals surface area contributed by atoms with Crippen molar-refractivity contribution in [2.45, 2.75) is 26.3 Å². The third-order valence-electron chi connectivity index (χ3n) is 2.11. The Kier molecular flexibility index (Phi) is 5.10. The van der Waals surface area contributed by atoms with Crippen LogP contribution >= 0.6 is 22.6 Å². The minimum atomic E-state index is -0.466. The molecule has 1 rings (SSSR count). The zero-order valence-electron chi connectivity index (χ0n) is 11.0. The molecule has 0 aliphatic heterocycles. The van der Waals surface area contributed by atoms with Gasteiger partial charge in [-0.15, -0.1) is 0 Å². The van der Waals surface area contributed by atoms with Crippen LogP contribution in [0.3, 0.4) is 0 Å². The van der Waals surface area contributed by atoms with Gasteiger partial charge in [0.25, 0.3) is 5.69 Å². The number of nitro benzene ring substituents is 1. The predicted octanol–water partition coefficient (Wildman–Crippen LogP) is 2.53. The van der Waals surface area contributed by atoms with Gasteiger partial charge in [-0.05, 0) is 55.5 Å². The second-order valence-corrected chi connectivity index (χ2v) is 6.32. The minimum absolute atomic E-state index is 0.00129. The van der Waals surface area contributed by atoms with Crippen LogP contribution in [0.1, 0.15) is 20.8 Å². The summed E-state index contributed by atoms with van der Waals surface area (Å²) in [6.07, 6.45) is 0. The average Bonchev–Trinajstić information content (AvgIpc) is 2.24. The molecule has 0 fully saturated rings. The van der Waals surface area contributed by atoms with E-state index in [9.17, 15) is 14.9 Å². The van der Waals surface area contributed by atoms with Crippen LogP contribution in [0.15, 0.2) is 18.2 Å². The number of hydrogen-bond acceptors (Lipinski definition) is 4. The first-order valence-electron chi connectivity index (χ1n) is 5.68. The number of benzene rings is 1. The molecule has 0 aliphatic rings. The van der Waals surface area contributed by atoms with Gasteiger partial charge in [-0.2, -0.15) is 0 Å². The fraction of sp³-hybridized carbons (Fsp3) is 0.417. The van der Waals surface area contributed by atoms with Gasteiger partial charge in [-0.25, -0.2) is 0 Å². The lowest BCUT2D eigenvalue weighted by atomic mass is 10.1.